The number of halogens is 1. The fourth-order valence-electron chi connectivity index (χ4n) is 0.816. The Morgan fingerprint density at radius 1 is 1.27 bits per heavy atom. The molecule has 0 aliphatic carbocycles. The first-order valence-electron chi connectivity index (χ1n) is 3.31. The average Bonchev–Trinajstić information content (AvgIpc) is 2.07. The quantitative estimate of drug-likeness (QED) is 0.732. The fourth-order valence-corrected chi connectivity index (χ4v) is 1.47. The molecule has 0 saturated heterocycles. The summed E-state index contributed by atoms with van der Waals surface area (Å²) in [4.78, 5) is 0. The molecular weight excluding hydrogens is 250 g/mol. The Labute approximate surface area is 79.4 Å². The number of rotatable bonds is 3. The zero-order chi connectivity index (χ0) is 7.94. The van der Waals surface area contributed by atoms with Gasteiger partial charge in [0.1, 0.15) is 0 Å². The van der Waals surface area contributed by atoms with Crippen molar-refractivity contribution in [2.45, 2.75) is 6.42 Å². The molecule has 0 nitrogen and oxygen atoms in total. The van der Waals surface area contributed by atoms with E-state index in [4.69, 9.17) is 9.53 Å². The van der Waals surface area contributed by atoms with Gasteiger partial charge >= 0.3 is 79.4 Å². The zero-order valence-electron chi connectivity index (χ0n) is 5.94. The van der Waals surface area contributed by atoms with E-state index in [0.29, 0.717) is 0 Å². The van der Waals surface area contributed by atoms with E-state index in [2.05, 4.69) is 18.2 Å². The Bertz CT molecular complexity index is 218. The summed E-state index contributed by atoms with van der Waals surface area (Å²) in [7, 11) is 5.53. The SMILES string of the molecule is [Cl][Pd][CH]=CCc1ccccc1. The van der Waals surface area contributed by atoms with Crippen molar-refractivity contribution in [3.63, 3.8) is 0 Å². The second-order valence-corrected chi connectivity index (χ2v) is 3.77. The van der Waals surface area contributed by atoms with Gasteiger partial charge in [-0.25, -0.2) is 0 Å². The summed E-state index contributed by atoms with van der Waals surface area (Å²) in [6.45, 7) is 0. The van der Waals surface area contributed by atoms with Crippen LogP contribution in [0.25, 0.3) is 0 Å². The Morgan fingerprint density at radius 3 is 2.64 bits per heavy atom. The van der Waals surface area contributed by atoms with Crippen LogP contribution in [0.5, 0.6) is 0 Å². The zero-order valence-corrected chi connectivity index (χ0v) is 8.25. The fraction of sp³-hybridized carbons (Fsp3) is 0.111. The van der Waals surface area contributed by atoms with E-state index in [1.54, 1.807) is 0 Å². The van der Waals surface area contributed by atoms with Gasteiger partial charge in [-0.1, -0.05) is 0 Å². The molecule has 0 atom stereocenters. The maximum absolute atomic E-state index is 5.53. The molecule has 0 saturated carbocycles. The van der Waals surface area contributed by atoms with Gasteiger partial charge in [-0.3, -0.25) is 0 Å². The van der Waals surface area contributed by atoms with Crippen LogP contribution in [0.1, 0.15) is 5.56 Å². The second kappa shape index (κ2) is 5.55. The van der Waals surface area contributed by atoms with Crippen LogP contribution in [0.3, 0.4) is 0 Å². The van der Waals surface area contributed by atoms with Crippen molar-refractivity contribution in [2.24, 2.45) is 0 Å². The minimum absolute atomic E-state index is 0.239. The van der Waals surface area contributed by atoms with E-state index in [1.807, 2.05) is 22.7 Å². The molecule has 0 unspecified atom stereocenters. The summed E-state index contributed by atoms with van der Waals surface area (Å²) in [5.74, 6) is 0. The van der Waals surface area contributed by atoms with Gasteiger partial charge < -0.3 is 0 Å². The summed E-state index contributed by atoms with van der Waals surface area (Å²) in [5, 5.41) is 0. The van der Waals surface area contributed by atoms with Crippen LogP contribution in [0.15, 0.2) is 41.0 Å². The molecule has 0 bridgehead atoms. The predicted molar refractivity (Wildman–Crippen MR) is 45.1 cm³/mol. The molecule has 1 rings (SSSR count). The molecule has 0 heterocycles. The number of benzene rings is 1. The van der Waals surface area contributed by atoms with Crippen molar-refractivity contribution in [3.8, 4) is 0 Å². The van der Waals surface area contributed by atoms with E-state index in [1.165, 1.54) is 5.56 Å². The molecule has 62 valence electrons. The second-order valence-electron chi connectivity index (χ2n) is 2.10. The van der Waals surface area contributed by atoms with E-state index in [0.717, 1.165) is 6.42 Å². The van der Waals surface area contributed by atoms with Gasteiger partial charge in [0.25, 0.3) is 0 Å². The summed E-state index contributed by atoms with van der Waals surface area (Å²) in [6.07, 6.45) is 3.10. The third kappa shape index (κ3) is 3.72. The van der Waals surface area contributed by atoms with Gasteiger partial charge in [0.2, 0.25) is 0 Å². The number of hydrogen-bond donors (Lipinski definition) is 0. The van der Waals surface area contributed by atoms with Crippen molar-refractivity contribution < 1.29 is 17.0 Å². The van der Waals surface area contributed by atoms with Gasteiger partial charge in [-0.05, 0) is 0 Å². The summed E-state index contributed by atoms with van der Waals surface area (Å²) < 4.78 is 2.02. The molecule has 0 radical (unpaired) electrons. The van der Waals surface area contributed by atoms with Crippen molar-refractivity contribution in [2.75, 3.05) is 0 Å². The molecule has 0 N–H and O–H groups in total. The van der Waals surface area contributed by atoms with E-state index in [9.17, 15) is 0 Å². The van der Waals surface area contributed by atoms with Gasteiger partial charge in [0.15, 0.2) is 0 Å². The van der Waals surface area contributed by atoms with Crippen LogP contribution in [0.4, 0.5) is 0 Å². The van der Waals surface area contributed by atoms with Crippen LogP contribution in [-0.2, 0) is 23.4 Å². The molecule has 0 aromatic heterocycles. The van der Waals surface area contributed by atoms with E-state index in [-0.39, 0.29) is 17.0 Å². The van der Waals surface area contributed by atoms with E-state index >= 15 is 0 Å². The van der Waals surface area contributed by atoms with Crippen LogP contribution in [0.2, 0.25) is 0 Å². The topological polar surface area (TPSA) is 0 Å². The van der Waals surface area contributed by atoms with Crippen molar-refractivity contribution >= 4 is 9.53 Å². The number of hydrogen-bond acceptors (Lipinski definition) is 0. The molecule has 0 fully saturated rings. The molecule has 1 aromatic rings. The van der Waals surface area contributed by atoms with Crippen LogP contribution in [0, 0.1) is 0 Å². The molecular formula is C9H9ClPd. The predicted octanol–water partition coefficient (Wildman–Crippen LogP) is 2.98. The molecule has 1 aromatic carbocycles. The van der Waals surface area contributed by atoms with E-state index < -0.39 is 0 Å². The van der Waals surface area contributed by atoms with Crippen molar-refractivity contribution in [1.29, 1.82) is 0 Å². The summed E-state index contributed by atoms with van der Waals surface area (Å²) in [5.41, 5.74) is 1.34. The molecule has 0 aliphatic rings. The Hall–Kier alpha value is -0.0877. The third-order valence-electron chi connectivity index (χ3n) is 1.31. The summed E-state index contributed by atoms with van der Waals surface area (Å²) in [6, 6.07) is 10.4. The molecule has 0 amide bonds. The van der Waals surface area contributed by atoms with Crippen LogP contribution >= 0.6 is 9.53 Å². The van der Waals surface area contributed by atoms with Gasteiger partial charge in [0.05, 0.1) is 0 Å². The maximum atomic E-state index is 5.53. The summed E-state index contributed by atoms with van der Waals surface area (Å²) >= 11 is 0.239. The standard InChI is InChI=1S/C9H9.ClH.Pd/c1-2-6-9-7-4-3-5-8-9;;/h1-5,7-8H,6H2;1H;/q;;+1/p-1. The Balaban J connectivity index is 2.45. The monoisotopic (exact) mass is 258 g/mol. The molecule has 0 aliphatic heterocycles. The third-order valence-corrected chi connectivity index (χ3v) is 2.34. The Kier molecular flexibility index (Phi) is 4.54. The first kappa shape index (κ1) is 9.00. The van der Waals surface area contributed by atoms with Crippen LogP contribution < -0.4 is 0 Å². The molecule has 0 spiro atoms. The molecule has 11 heavy (non-hydrogen) atoms. The van der Waals surface area contributed by atoms with Gasteiger partial charge in [-0.2, -0.15) is 0 Å². The Morgan fingerprint density at radius 2 is 2.00 bits per heavy atom. The van der Waals surface area contributed by atoms with Crippen molar-refractivity contribution in [3.05, 3.63) is 46.5 Å². The van der Waals surface area contributed by atoms with Crippen LogP contribution in [-0.4, -0.2) is 0 Å². The first-order valence-corrected chi connectivity index (χ1v) is 6.21. The number of allylic oxidation sites excluding steroid dienone is 1. The minimum atomic E-state index is 0.239. The normalized spacial score (nSPS) is 11.0. The average molecular weight is 259 g/mol. The first-order chi connectivity index (χ1) is 5.43. The van der Waals surface area contributed by atoms with Crippen molar-refractivity contribution in [1.82, 2.24) is 0 Å². The van der Waals surface area contributed by atoms with Gasteiger partial charge in [-0.15, -0.1) is 0 Å². The molecule has 2 heteroatoms. The van der Waals surface area contributed by atoms with Gasteiger partial charge in [0, 0.05) is 0 Å².